The van der Waals surface area contributed by atoms with E-state index in [1.54, 1.807) is 0 Å². The molecule has 1 aliphatic carbocycles. The Morgan fingerprint density at radius 2 is 2.07 bits per heavy atom. The molecular weight excluding hydrogens is 176 g/mol. The van der Waals surface area contributed by atoms with Crippen molar-refractivity contribution in [1.82, 2.24) is 0 Å². The maximum Gasteiger partial charge on any atom is 0.0835 e. The second-order valence-corrected chi connectivity index (χ2v) is 5.14. The molecule has 14 heavy (non-hydrogen) atoms. The first-order valence-corrected chi connectivity index (χ1v) is 5.95. The van der Waals surface area contributed by atoms with Crippen LogP contribution in [0.15, 0.2) is 0 Å². The van der Waals surface area contributed by atoms with Crippen molar-refractivity contribution in [2.75, 3.05) is 13.2 Å². The maximum atomic E-state index is 6.02. The van der Waals surface area contributed by atoms with Crippen molar-refractivity contribution < 1.29 is 9.47 Å². The highest BCUT2D eigenvalue weighted by molar-refractivity contribution is 4.83. The summed E-state index contributed by atoms with van der Waals surface area (Å²) in [4.78, 5) is 0. The van der Waals surface area contributed by atoms with Gasteiger partial charge in [0.25, 0.3) is 0 Å². The summed E-state index contributed by atoms with van der Waals surface area (Å²) < 4.78 is 11.7. The highest BCUT2D eigenvalue weighted by Gasteiger charge is 2.32. The van der Waals surface area contributed by atoms with Crippen LogP contribution in [0.1, 0.15) is 46.0 Å². The van der Waals surface area contributed by atoms with Crippen LogP contribution in [0.3, 0.4) is 0 Å². The van der Waals surface area contributed by atoms with Gasteiger partial charge in [-0.2, -0.15) is 0 Å². The van der Waals surface area contributed by atoms with Crippen LogP contribution in [-0.2, 0) is 9.47 Å². The van der Waals surface area contributed by atoms with Gasteiger partial charge in [0.1, 0.15) is 0 Å². The zero-order valence-corrected chi connectivity index (χ0v) is 9.42. The summed E-state index contributed by atoms with van der Waals surface area (Å²) in [7, 11) is 0. The molecule has 0 aromatic heterocycles. The van der Waals surface area contributed by atoms with Crippen molar-refractivity contribution in [3.63, 3.8) is 0 Å². The molecule has 82 valence electrons. The van der Waals surface area contributed by atoms with Gasteiger partial charge in [-0.3, -0.25) is 0 Å². The lowest BCUT2D eigenvalue weighted by atomic mass is 10.0. The average molecular weight is 198 g/mol. The van der Waals surface area contributed by atoms with Gasteiger partial charge in [0.2, 0.25) is 0 Å². The van der Waals surface area contributed by atoms with E-state index in [0.717, 1.165) is 13.2 Å². The highest BCUT2D eigenvalue weighted by atomic mass is 16.5. The van der Waals surface area contributed by atoms with Crippen molar-refractivity contribution in [3.05, 3.63) is 0 Å². The van der Waals surface area contributed by atoms with Crippen LogP contribution < -0.4 is 0 Å². The standard InChI is InChI=1S/C12H22O2/c1-10-5-8-13-11(10)9-14-12(2)6-3-4-7-12/h10-11H,3-9H2,1-2H3. The Balaban J connectivity index is 1.75. The third-order valence-corrected chi connectivity index (χ3v) is 3.80. The Labute approximate surface area is 87.0 Å². The molecule has 2 nitrogen and oxygen atoms in total. The minimum absolute atomic E-state index is 0.158. The molecule has 2 aliphatic rings. The van der Waals surface area contributed by atoms with Crippen molar-refractivity contribution in [2.45, 2.75) is 57.7 Å². The Morgan fingerprint density at radius 3 is 2.64 bits per heavy atom. The van der Waals surface area contributed by atoms with Crippen molar-refractivity contribution in [1.29, 1.82) is 0 Å². The fraction of sp³-hybridized carbons (Fsp3) is 1.00. The fourth-order valence-electron chi connectivity index (χ4n) is 2.52. The minimum atomic E-state index is 0.158. The molecule has 2 rings (SSSR count). The topological polar surface area (TPSA) is 18.5 Å². The summed E-state index contributed by atoms with van der Waals surface area (Å²) in [5, 5.41) is 0. The van der Waals surface area contributed by atoms with E-state index in [0.29, 0.717) is 12.0 Å². The lowest BCUT2D eigenvalue weighted by Gasteiger charge is -2.27. The Morgan fingerprint density at radius 1 is 1.36 bits per heavy atom. The fourth-order valence-corrected chi connectivity index (χ4v) is 2.52. The van der Waals surface area contributed by atoms with E-state index in [2.05, 4.69) is 13.8 Å². The van der Waals surface area contributed by atoms with Crippen LogP contribution in [0.25, 0.3) is 0 Å². The van der Waals surface area contributed by atoms with Crippen molar-refractivity contribution in [3.8, 4) is 0 Å². The first-order valence-electron chi connectivity index (χ1n) is 5.95. The van der Waals surface area contributed by atoms with Gasteiger partial charge in [0.15, 0.2) is 0 Å². The molecule has 0 bridgehead atoms. The first kappa shape index (κ1) is 10.4. The van der Waals surface area contributed by atoms with E-state index in [1.807, 2.05) is 0 Å². The van der Waals surface area contributed by atoms with Gasteiger partial charge in [0, 0.05) is 6.61 Å². The van der Waals surface area contributed by atoms with Crippen LogP contribution in [0, 0.1) is 5.92 Å². The molecule has 1 aliphatic heterocycles. The molecule has 2 heteroatoms. The van der Waals surface area contributed by atoms with Gasteiger partial charge >= 0.3 is 0 Å². The van der Waals surface area contributed by atoms with E-state index in [1.165, 1.54) is 32.1 Å². The highest BCUT2D eigenvalue weighted by Crippen LogP contribution is 2.33. The zero-order valence-electron chi connectivity index (χ0n) is 9.42. The molecule has 0 aromatic rings. The predicted molar refractivity (Wildman–Crippen MR) is 56.3 cm³/mol. The molecule has 1 heterocycles. The smallest absolute Gasteiger partial charge is 0.0835 e. The van der Waals surface area contributed by atoms with Crippen LogP contribution in [0.5, 0.6) is 0 Å². The summed E-state index contributed by atoms with van der Waals surface area (Å²) in [5.41, 5.74) is 0.158. The first-order chi connectivity index (χ1) is 6.70. The van der Waals surface area contributed by atoms with Crippen LogP contribution in [0.4, 0.5) is 0 Å². The number of rotatable bonds is 3. The number of ether oxygens (including phenoxy) is 2. The molecule has 1 saturated heterocycles. The molecule has 2 atom stereocenters. The third-order valence-electron chi connectivity index (χ3n) is 3.80. The second kappa shape index (κ2) is 4.19. The summed E-state index contributed by atoms with van der Waals surface area (Å²) in [6.45, 7) is 6.24. The van der Waals surface area contributed by atoms with Gasteiger partial charge in [0.05, 0.1) is 18.3 Å². The van der Waals surface area contributed by atoms with E-state index in [4.69, 9.17) is 9.47 Å². The zero-order chi connectivity index (χ0) is 10.0. The third kappa shape index (κ3) is 2.29. The quantitative estimate of drug-likeness (QED) is 0.694. The molecule has 1 saturated carbocycles. The largest absolute Gasteiger partial charge is 0.376 e. The average Bonchev–Trinajstić information content (AvgIpc) is 2.73. The summed E-state index contributed by atoms with van der Waals surface area (Å²) in [6, 6.07) is 0. The molecule has 2 fully saturated rings. The molecule has 0 radical (unpaired) electrons. The van der Waals surface area contributed by atoms with Gasteiger partial charge in [-0.05, 0) is 32.1 Å². The normalized spacial score (nSPS) is 36.4. The van der Waals surface area contributed by atoms with Crippen molar-refractivity contribution in [2.24, 2.45) is 5.92 Å². The maximum absolute atomic E-state index is 6.02. The van der Waals surface area contributed by atoms with E-state index >= 15 is 0 Å². The molecular formula is C12H22O2. The monoisotopic (exact) mass is 198 g/mol. The Hall–Kier alpha value is -0.0800. The Kier molecular flexibility index (Phi) is 3.13. The number of hydrogen-bond acceptors (Lipinski definition) is 2. The SMILES string of the molecule is CC1CCOC1COC1(C)CCCC1. The van der Waals surface area contributed by atoms with Crippen LogP contribution in [0.2, 0.25) is 0 Å². The van der Waals surface area contributed by atoms with Gasteiger partial charge in [-0.15, -0.1) is 0 Å². The molecule has 2 unspecified atom stereocenters. The van der Waals surface area contributed by atoms with E-state index < -0.39 is 0 Å². The van der Waals surface area contributed by atoms with E-state index in [-0.39, 0.29) is 5.60 Å². The van der Waals surface area contributed by atoms with Crippen LogP contribution >= 0.6 is 0 Å². The predicted octanol–water partition coefficient (Wildman–Crippen LogP) is 2.76. The summed E-state index contributed by atoms with van der Waals surface area (Å²) in [5.74, 6) is 0.681. The van der Waals surface area contributed by atoms with Gasteiger partial charge < -0.3 is 9.47 Å². The second-order valence-electron chi connectivity index (χ2n) is 5.14. The lowest BCUT2D eigenvalue weighted by molar-refractivity contribution is -0.0773. The summed E-state index contributed by atoms with van der Waals surface area (Å²) in [6.07, 6.45) is 6.68. The molecule has 0 N–H and O–H groups in total. The van der Waals surface area contributed by atoms with Gasteiger partial charge in [-0.25, -0.2) is 0 Å². The summed E-state index contributed by atoms with van der Waals surface area (Å²) >= 11 is 0. The van der Waals surface area contributed by atoms with Crippen molar-refractivity contribution >= 4 is 0 Å². The molecule has 0 amide bonds. The van der Waals surface area contributed by atoms with Crippen LogP contribution in [-0.4, -0.2) is 24.9 Å². The van der Waals surface area contributed by atoms with Gasteiger partial charge in [-0.1, -0.05) is 19.8 Å². The van der Waals surface area contributed by atoms with E-state index in [9.17, 15) is 0 Å². The minimum Gasteiger partial charge on any atom is -0.376 e. The lowest BCUT2D eigenvalue weighted by Crippen LogP contribution is -2.31. The molecule has 0 aromatic carbocycles. The Bertz CT molecular complexity index is 185. The molecule has 0 spiro atoms. The number of hydrogen-bond donors (Lipinski definition) is 0.